The van der Waals surface area contributed by atoms with Gasteiger partial charge in [0.05, 0.1) is 11.2 Å². The van der Waals surface area contributed by atoms with E-state index in [0.29, 0.717) is 25.5 Å². The number of carbonyl (C=O) groups is 2. The first-order valence-corrected chi connectivity index (χ1v) is 12.0. The van der Waals surface area contributed by atoms with E-state index >= 15 is 0 Å². The third kappa shape index (κ3) is 4.48. The van der Waals surface area contributed by atoms with E-state index in [0.717, 1.165) is 6.42 Å². The van der Waals surface area contributed by atoms with Gasteiger partial charge in [-0.1, -0.05) is 32.9 Å². The van der Waals surface area contributed by atoms with Crippen molar-refractivity contribution in [3.63, 3.8) is 0 Å². The molecule has 2 fully saturated rings. The Morgan fingerprint density at radius 1 is 1.24 bits per heavy atom. The number of aromatic hydroxyl groups is 2. The van der Waals surface area contributed by atoms with Gasteiger partial charge in [-0.3, -0.25) is 9.59 Å². The number of rotatable bonds is 8. The van der Waals surface area contributed by atoms with Gasteiger partial charge in [0, 0.05) is 13.0 Å². The second-order valence-corrected chi connectivity index (χ2v) is 11.6. The van der Waals surface area contributed by atoms with Gasteiger partial charge in [-0.05, 0) is 79.7 Å². The summed E-state index contributed by atoms with van der Waals surface area (Å²) in [4.78, 5) is 23.9. The van der Waals surface area contributed by atoms with Gasteiger partial charge in [0.15, 0.2) is 12.0 Å². The van der Waals surface area contributed by atoms with Crippen molar-refractivity contribution in [3.8, 4) is 11.5 Å². The molecule has 2 aliphatic carbocycles. The zero-order chi connectivity index (χ0) is 25.5. The summed E-state index contributed by atoms with van der Waals surface area (Å²) in [6.45, 7) is 10.2. The van der Waals surface area contributed by atoms with E-state index < -0.39 is 22.7 Å². The lowest BCUT2D eigenvalue weighted by Crippen LogP contribution is -2.46. The van der Waals surface area contributed by atoms with Crippen molar-refractivity contribution in [2.24, 2.45) is 28.1 Å². The van der Waals surface area contributed by atoms with Crippen LogP contribution in [0.1, 0.15) is 77.1 Å². The molecule has 1 aromatic carbocycles. The Balaban J connectivity index is 1.86. The number of aliphatic hydroxyl groups is 2. The highest BCUT2D eigenvalue weighted by molar-refractivity contribution is 5.96. The Kier molecular flexibility index (Phi) is 6.95. The Labute approximate surface area is 201 Å². The molecule has 2 saturated carbocycles. The van der Waals surface area contributed by atoms with Gasteiger partial charge in [-0.2, -0.15) is 0 Å². The summed E-state index contributed by atoms with van der Waals surface area (Å²) in [6, 6.07) is 2.51. The summed E-state index contributed by atoms with van der Waals surface area (Å²) in [5, 5.41) is 44.5. The fourth-order valence-electron chi connectivity index (χ4n) is 7.56. The Morgan fingerprint density at radius 3 is 2.50 bits per heavy atom. The lowest BCUT2D eigenvalue weighted by Gasteiger charge is -2.48. The molecule has 5 N–H and O–H groups in total. The summed E-state index contributed by atoms with van der Waals surface area (Å²) < 4.78 is 0. The predicted octanol–water partition coefficient (Wildman–Crippen LogP) is 4.40. The van der Waals surface area contributed by atoms with Gasteiger partial charge in [-0.25, -0.2) is 0 Å². The van der Waals surface area contributed by atoms with E-state index in [1.54, 1.807) is 0 Å². The number of allylic oxidation sites excluding steroid dienone is 2. The number of anilines is 1. The largest absolute Gasteiger partial charge is 0.506 e. The maximum absolute atomic E-state index is 12.8. The first kappa shape index (κ1) is 26.2. The molecule has 0 heterocycles. The standard InChI is InChI=1S/C27H39NO6/c1-6-10-27-14-25(4,13-26(5,34)15-27)17(2)23(27)24(3,16-30)11-9-20(32)28-21-19(31)8-7-18(12-29)22(21)33/h6-8,10,12,17,23,30-31,33-34H,9,11,13-16H2,1-5H3,(H,28,32)/b10-6-/t17?,23?,24-,25?,26?,27?/m1/s1. The van der Waals surface area contributed by atoms with Crippen LogP contribution >= 0.6 is 0 Å². The van der Waals surface area contributed by atoms with Crippen LogP contribution in [0.15, 0.2) is 24.3 Å². The number of hydrogen-bond acceptors (Lipinski definition) is 6. The average molecular weight is 474 g/mol. The van der Waals surface area contributed by atoms with Crippen LogP contribution in [0.3, 0.4) is 0 Å². The first-order valence-electron chi connectivity index (χ1n) is 12.0. The van der Waals surface area contributed by atoms with Crippen LogP contribution in [-0.2, 0) is 4.79 Å². The molecule has 5 unspecified atom stereocenters. The lowest BCUT2D eigenvalue weighted by molar-refractivity contribution is -0.117. The topological polar surface area (TPSA) is 127 Å². The lowest BCUT2D eigenvalue weighted by atomic mass is 9.57. The molecule has 7 nitrogen and oxygen atoms in total. The summed E-state index contributed by atoms with van der Waals surface area (Å²) in [7, 11) is 0. The van der Waals surface area contributed by atoms with E-state index in [4.69, 9.17) is 0 Å². The maximum atomic E-state index is 12.8. The molecule has 0 saturated heterocycles. The molecule has 34 heavy (non-hydrogen) atoms. The van der Waals surface area contributed by atoms with Gasteiger partial charge in [0.25, 0.3) is 0 Å². The Morgan fingerprint density at radius 2 is 1.91 bits per heavy atom. The van der Waals surface area contributed by atoms with Crippen molar-refractivity contribution >= 4 is 17.9 Å². The molecule has 0 radical (unpaired) electrons. The van der Waals surface area contributed by atoms with E-state index in [1.807, 2.05) is 26.8 Å². The molecule has 3 rings (SSSR count). The molecule has 0 spiro atoms. The molecule has 0 aromatic heterocycles. The number of phenols is 2. The van der Waals surface area contributed by atoms with Gasteiger partial charge < -0.3 is 25.7 Å². The number of carbonyl (C=O) groups excluding carboxylic acids is 2. The summed E-state index contributed by atoms with van der Waals surface area (Å²) in [5.41, 5.74) is -2.00. The summed E-state index contributed by atoms with van der Waals surface area (Å²) in [6.07, 6.45) is 7.35. The van der Waals surface area contributed by atoms with Crippen molar-refractivity contribution in [3.05, 3.63) is 29.8 Å². The Hall–Kier alpha value is -2.38. The van der Waals surface area contributed by atoms with Crippen LogP contribution in [-0.4, -0.2) is 44.8 Å². The number of aldehydes is 1. The molecule has 6 atom stereocenters. The fourth-order valence-corrected chi connectivity index (χ4v) is 7.56. The van der Waals surface area contributed by atoms with Crippen LogP contribution in [0.25, 0.3) is 0 Å². The molecular weight excluding hydrogens is 434 g/mol. The van der Waals surface area contributed by atoms with E-state index in [9.17, 15) is 30.0 Å². The molecule has 0 aliphatic heterocycles. The first-order chi connectivity index (χ1) is 15.8. The number of phenolic OH excluding ortho intramolecular Hbond substituents is 2. The van der Waals surface area contributed by atoms with E-state index in [1.165, 1.54) is 12.1 Å². The van der Waals surface area contributed by atoms with Gasteiger partial charge in [-0.15, -0.1) is 0 Å². The molecule has 1 aromatic rings. The van der Waals surface area contributed by atoms with Crippen LogP contribution in [0.5, 0.6) is 11.5 Å². The molecule has 2 aliphatic rings. The maximum Gasteiger partial charge on any atom is 0.224 e. The van der Waals surface area contributed by atoms with Crippen molar-refractivity contribution in [1.82, 2.24) is 0 Å². The van der Waals surface area contributed by atoms with Crippen LogP contribution < -0.4 is 5.32 Å². The van der Waals surface area contributed by atoms with Gasteiger partial charge in [0.2, 0.25) is 5.91 Å². The molecule has 7 heteroatoms. The normalized spacial score (nSPS) is 34.7. The number of amides is 1. The van der Waals surface area contributed by atoms with Gasteiger partial charge in [0.1, 0.15) is 11.4 Å². The molecule has 188 valence electrons. The highest BCUT2D eigenvalue weighted by Gasteiger charge is 2.66. The third-order valence-corrected chi connectivity index (χ3v) is 8.56. The van der Waals surface area contributed by atoms with Crippen molar-refractivity contribution in [2.45, 2.75) is 72.3 Å². The van der Waals surface area contributed by atoms with Crippen molar-refractivity contribution in [1.29, 1.82) is 0 Å². The van der Waals surface area contributed by atoms with E-state index in [-0.39, 0.29) is 52.7 Å². The quantitative estimate of drug-likeness (QED) is 0.216. The third-order valence-electron chi connectivity index (χ3n) is 8.56. The minimum atomic E-state index is -0.804. The highest BCUT2D eigenvalue weighted by Crippen LogP contribution is 2.70. The second-order valence-electron chi connectivity index (χ2n) is 11.6. The number of hydrogen-bond donors (Lipinski definition) is 5. The number of aliphatic hydroxyl groups excluding tert-OH is 1. The Bertz CT molecular complexity index is 984. The number of nitrogens with one attached hydrogen (secondary N) is 1. The van der Waals surface area contributed by atoms with Crippen LogP contribution in [0.4, 0.5) is 5.69 Å². The molecule has 1 amide bonds. The predicted molar refractivity (Wildman–Crippen MR) is 131 cm³/mol. The van der Waals surface area contributed by atoms with Gasteiger partial charge >= 0.3 is 0 Å². The van der Waals surface area contributed by atoms with Crippen LogP contribution in [0.2, 0.25) is 0 Å². The number of fused-ring (bicyclic) bond motifs is 2. The van der Waals surface area contributed by atoms with E-state index in [2.05, 4.69) is 25.2 Å². The summed E-state index contributed by atoms with van der Waals surface area (Å²) in [5.74, 6) is -0.973. The smallest absolute Gasteiger partial charge is 0.224 e. The average Bonchev–Trinajstić information content (AvgIpc) is 2.90. The van der Waals surface area contributed by atoms with Crippen LogP contribution in [0, 0.1) is 28.1 Å². The summed E-state index contributed by atoms with van der Waals surface area (Å²) >= 11 is 0. The van der Waals surface area contributed by atoms with Crippen molar-refractivity contribution < 1.29 is 30.0 Å². The zero-order valence-electron chi connectivity index (χ0n) is 20.9. The van der Waals surface area contributed by atoms with Crippen molar-refractivity contribution in [2.75, 3.05) is 11.9 Å². The highest BCUT2D eigenvalue weighted by atomic mass is 16.3. The fraction of sp³-hybridized carbons (Fsp3) is 0.630. The SMILES string of the molecule is C/C=C\C12CC(C)(O)CC(C)(C1)C(C)C2[C@@](C)(CO)CCC(=O)Nc1c(O)ccc(C=O)c1O. The number of benzene rings is 1. The minimum Gasteiger partial charge on any atom is -0.506 e. The molecular formula is C27H39NO6. The second kappa shape index (κ2) is 9.00. The minimum absolute atomic E-state index is 0.0334. The zero-order valence-corrected chi connectivity index (χ0v) is 20.9. The monoisotopic (exact) mass is 473 g/mol. The molecule has 2 bridgehead atoms.